The molecule has 0 aliphatic heterocycles. The van der Waals surface area contributed by atoms with Gasteiger partial charge in [0.05, 0.1) is 11.5 Å². The van der Waals surface area contributed by atoms with Crippen LogP contribution in [0.1, 0.15) is 47.0 Å². The van der Waals surface area contributed by atoms with E-state index in [9.17, 15) is 8.42 Å². The minimum absolute atomic E-state index is 0.291. The van der Waals surface area contributed by atoms with Crippen molar-refractivity contribution in [1.82, 2.24) is 5.32 Å². The fraction of sp³-hybridized carbons (Fsp3) is 1.00. The van der Waals surface area contributed by atoms with Crippen LogP contribution < -0.4 is 5.32 Å². The summed E-state index contributed by atoms with van der Waals surface area (Å²) in [4.78, 5) is 0. The summed E-state index contributed by atoms with van der Waals surface area (Å²) in [5, 5.41) is 3.29. The molecule has 0 saturated carbocycles. The van der Waals surface area contributed by atoms with Crippen molar-refractivity contribution in [3.63, 3.8) is 0 Å². The molecule has 0 aromatic rings. The first-order valence-electron chi connectivity index (χ1n) is 6.31. The lowest BCUT2D eigenvalue weighted by atomic mass is 10.2. The average Bonchev–Trinajstić information content (AvgIpc) is 2.15. The molecule has 0 radical (unpaired) electrons. The van der Waals surface area contributed by atoms with Crippen molar-refractivity contribution >= 4 is 9.84 Å². The lowest BCUT2D eigenvalue weighted by Crippen LogP contribution is -2.24. The van der Waals surface area contributed by atoms with Gasteiger partial charge in [0.1, 0.15) is 0 Å². The summed E-state index contributed by atoms with van der Waals surface area (Å²) >= 11 is 0. The topological polar surface area (TPSA) is 46.2 Å². The molecule has 1 N–H and O–H groups in total. The highest BCUT2D eigenvalue weighted by Gasteiger charge is 2.14. The number of rotatable bonds is 9. The van der Waals surface area contributed by atoms with E-state index < -0.39 is 9.84 Å². The normalized spacial score (nSPS) is 14.3. The predicted octanol–water partition coefficient (Wildman–Crippen LogP) is 2.23. The third kappa shape index (κ3) is 9.16. The molecule has 0 fully saturated rings. The smallest absolute Gasteiger partial charge is 0.150 e. The van der Waals surface area contributed by atoms with Crippen molar-refractivity contribution in [2.24, 2.45) is 5.92 Å². The van der Waals surface area contributed by atoms with Gasteiger partial charge in [0.25, 0.3) is 0 Å². The second-order valence-corrected chi connectivity index (χ2v) is 7.17. The van der Waals surface area contributed by atoms with E-state index in [0.717, 1.165) is 25.8 Å². The summed E-state index contributed by atoms with van der Waals surface area (Å²) in [5.74, 6) is 0.983. The standard InChI is InChI=1S/C12H27NO2S/c1-5-12(4)10-16(14,15)9-7-6-8-13-11(2)3/h11-13H,5-10H2,1-4H3. The van der Waals surface area contributed by atoms with Gasteiger partial charge in [-0.25, -0.2) is 8.42 Å². The molecule has 1 unspecified atom stereocenters. The van der Waals surface area contributed by atoms with Crippen LogP contribution in [0.15, 0.2) is 0 Å². The SMILES string of the molecule is CCC(C)CS(=O)(=O)CCCCNC(C)C. The van der Waals surface area contributed by atoms with Crippen molar-refractivity contribution in [3.8, 4) is 0 Å². The zero-order chi connectivity index (χ0) is 12.6. The lowest BCUT2D eigenvalue weighted by Gasteiger charge is -2.10. The molecule has 16 heavy (non-hydrogen) atoms. The molecule has 0 saturated heterocycles. The van der Waals surface area contributed by atoms with Crippen LogP contribution >= 0.6 is 0 Å². The van der Waals surface area contributed by atoms with Gasteiger partial charge in [0.2, 0.25) is 0 Å². The zero-order valence-electron chi connectivity index (χ0n) is 11.1. The molecule has 0 spiro atoms. The van der Waals surface area contributed by atoms with Crippen LogP contribution in [0.2, 0.25) is 0 Å². The highest BCUT2D eigenvalue weighted by Crippen LogP contribution is 2.07. The molecule has 4 heteroatoms. The van der Waals surface area contributed by atoms with Crippen molar-refractivity contribution in [2.75, 3.05) is 18.1 Å². The summed E-state index contributed by atoms with van der Waals surface area (Å²) in [6, 6.07) is 0.483. The van der Waals surface area contributed by atoms with Gasteiger partial charge in [-0.3, -0.25) is 0 Å². The second-order valence-electron chi connectivity index (χ2n) is 4.94. The Labute approximate surface area is 101 Å². The summed E-state index contributed by atoms with van der Waals surface area (Å²) in [5.41, 5.74) is 0. The average molecular weight is 249 g/mol. The van der Waals surface area contributed by atoms with Crippen LogP contribution in [0.5, 0.6) is 0 Å². The number of hydrogen-bond donors (Lipinski definition) is 1. The Morgan fingerprint density at radius 3 is 2.25 bits per heavy atom. The molecule has 0 bridgehead atoms. The molecule has 0 aromatic carbocycles. The van der Waals surface area contributed by atoms with Crippen LogP contribution in [0.25, 0.3) is 0 Å². The van der Waals surface area contributed by atoms with Crippen molar-refractivity contribution in [1.29, 1.82) is 0 Å². The van der Waals surface area contributed by atoms with Gasteiger partial charge in [-0.05, 0) is 25.3 Å². The van der Waals surface area contributed by atoms with E-state index in [1.807, 2.05) is 13.8 Å². The molecule has 3 nitrogen and oxygen atoms in total. The van der Waals surface area contributed by atoms with Gasteiger partial charge in [-0.1, -0.05) is 34.1 Å². The summed E-state index contributed by atoms with van der Waals surface area (Å²) in [6.07, 6.45) is 2.66. The van der Waals surface area contributed by atoms with E-state index in [1.54, 1.807) is 0 Å². The Morgan fingerprint density at radius 2 is 1.75 bits per heavy atom. The number of hydrogen-bond acceptors (Lipinski definition) is 3. The zero-order valence-corrected chi connectivity index (χ0v) is 11.9. The summed E-state index contributed by atoms with van der Waals surface area (Å²) in [6.45, 7) is 9.14. The van der Waals surface area contributed by atoms with Gasteiger partial charge >= 0.3 is 0 Å². The van der Waals surface area contributed by atoms with E-state index in [4.69, 9.17) is 0 Å². The number of sulfone groups is 1. The van der Waals surface area contributed by atoms with Crippen LogP contribution in [0, 0.1) is 5.92 Å². The fourth-order valence-corrected chi connectivity index (χ4v) is 3.39. The third-order valence-electron chi connectivity index (χ3n) is 2.67. The van der Waals surface area contributed by atoms with Crippen molar-refractivity contribution < 1.29 is 8.42 Å². The molecule has 0 heterocycles. The maximum atomic E-state index is 11.7. The Kier molecular flexibility index (Phi) is 8.02. The molecule has 0 aliphatic rings. The monoisotopic (exact) mass is 249 g/mol. The van der Waals surface area contributed by atoms with E-state index in [1.165, 1.54) is 0 Å². The quantitative estimate of drug-likeness (QED) is 0.637. The van der Waals surface area contributed by atoms with Gasteiger partial charge < -0.3 is 5.32 Å². The van der Waals surface area contributed by atoms with Crippen molar-refractivity contribution in [2.45, 2.75) is 53.0 Å². The van der Waals surface area contributed by atoms with Crippen molar-refractivity contribution in [3.05, 3.63) is 0 Å². The Bertz CT molecular complexity index is 260. The number of nitrogens with one attached hydrogen (secondary N) is 1. The fourth-order valence-electron chi connectivity index (χ4n) is 1.47. The predicted molar refractivity (Wildman–Crippen MR) is 70.5 cm³/mol. The van der Waals surface area contributed by atoms with Crippen LogP contribution in [0.4, 0.5) is 0 Å². The summed E-state index contributed by atoms with van der Waals surface area (Å²) in [7, 11) is -2.82. The minimum Gasteiger partial charge on any atom is -0.315 e. The Balaban J connectivity index is 3.67. The first-order valence-corrected chi connectivity index (χ1v) is 8.13. The van der Waals surface area contributed by atoms with E-state index in [0.29, 0.717) is 23.5 Å². The second kappa shape index (κ2) is 8.07. The maximum absolute atomic E-state index is 11.7. The molecule has 0 amide bonds. The summed E-state index contributed by atoms with van der Waals surface area (Å²) < 4.78 is 23.4. The molecular weight excluding hydrogens is 222 g/mol. The highest BCUT2D eigenvalue weighted by molar-refractivity contribution is 7.91. The molecule has 98 valence electrons. The van der Waals surface area contributed by atoms with E-state index in [-0.39, 0.29) is 0 Å². The minimum atomic E-state index is -2.82. The first-order chi connectivity index (χ1) is 7.37. The Hall–Kier alpha value is -0.0900. The highest BCUT2D eigenvalue weighted by atomic mass is 32.2. The van der Waals surface area contributed by atoms with Gasteiger partial charge in [0.15, 0.2) is 9.84 Å². The van der Waals surface area contributed by atoms with Crippen LogP contribution in [0.3, 0.4) is 0 Å². The molecular formula is C12H27NO2S. The van der Waals surface area contributed by atoms with Gasteiger partial charge in [-0.15, -0.1) is 0 Å². The van der Waals surface area contributed by atoms with Gasteiger partial charge in [0, 0.05) is 6.04 Å². The Morgan fingerprint density at radius 1 is 1.12 bits per heavy atom. The van der Waals surface area contributed by atoms with E-state index >= 15 is 0 Å². The molecule has 0 aromatic heterocycles. The lowest BCUT2D eigenvalue weighted by molar-refractivity contribution is 0.549. The molecule has 0 aliphatic carbocycles. The van der Waals surface area contributed by atoms with E-state index in [2.05, 4.69) is 19.2 Å². The first kappa shape index (κ1) is 15.9. The molecule has 1 atom stereocenters. The largest absolute Gasteiger partial charge is 0.315 e. The van der Waals surface area contributed by atoms with Gasteiger partial charge in [-0.2, -0.15) is 0 Å². The third-order valence-corrected chi connectivity index (χ3v) is 4.66. The number of unbranched alkanes of at least 4 members (excludes halogenated alkanes) is 1. The molecule has 0 rings (SSSR count). The maximum Gasteiger partial charge on any atom is 0.150 e. The van der Waals surface area contributed by atoms with Crippen LogP contribution in [-0.2, 0) is 9.84 Å². The van der Waals surface area contributed by atoms with Crippen LogP contribution in [-0.4, -0.2) is 32.5 Å².